The van der Waals surface area contributed by atoms with E-state index in [1.165, 1.54) is 18.4 Å². The van der Waals surface area contributed by atoms with Crippen LogP contribution in [-0.4, -0.2) is 5.33 Å². The first-order chi connectivity index (χ1) is 6.93. The van der Waals surface area contributed by atoms with Crippen LogP contribution in [0.2, 0.25) is 0 Å². The van der Waals surface area contributed by atoms with Gasteiger partial charge in [0.1, 0.15) is 0 Å². The van der Waals surface area contributed by atoms with Crippen molar-refractivity contribution in [1.82, 2.24) is 0 Å². The van der Waals surface area contributed by atoms with Gasteiger partial charge in [-0.25, -0.2) is 24.3 Å². The second-order valence-electron chi connectivity index (χ2n) is 3.05. The zero-order valence-electron chi connectivity index (χ0n) is 8.55. The van der Waals surface area contributed by atoms with Gasteiger partial charge < -0.3 is 0 Å². The molecule has 0 nitrogen and oxygen atoms in total. The number of alkyl halides is 1. The Balaban J connectivity index is 0.000000280. The van der Waals surface area contributed by atoms with Gasteiger partial charge in [0.05, 0.1) is 0 Å². The summed E-state index contributed by atoms with van der Waals surface area (Å²) in [6.07, 6.45) is 2.45. The number of rotatable bonds is 3. The molecule has 0 saturated carbocycles. The van der Waals surface area contributed by atoms with Gasteiger partial charge in [0.25, 0.3) is 0 Å². The third kappa shape index (κ3) is 7.61. The Bertz CT molecular complexity index is 267. The molecule has 0 heterocycles. The third-order valence-electron chi connectivity index (χ3n) is 1.89. The molecule has 0 amide bonds. The van der Waals surface area contributed by atoms with Crippen LogP contribution in [-0.2, 0) is 23.5 Å². The van der Waals surface area contributed by atoms with E-state index in [0.717, 1.165) is 5.33 Å². The summed E-state index contributed by atoms with van der Waals surface area (Å²) in [5.74, 6) is 0. The standard InChI is InChI=1S/C8H10Br.C5H5.Fe/c9-7-3-6-8-4-1-2-5-8;1-2-4-5-3-1;/h1-2,4-5H,3,6-7H2;1-5H;/q2*-1;+2. The van der Waals surface area contributed by atoms with Gasteiger partial charge in [-0.05, 0) is 6.42 Å². The molecule has 0 radical (unpaired) electrons. The Hall–Kier alpha value is -0.301. The molecule has 0 aromatic heterocycles. The van der Waals surface area contributed by atoms with Gasteiger partial charge >= 0.3 is 17.1 Å². The summed E-state index contributed by atoms with van der Waals surface area (Å²) in [6.45, 7) is 0. The SMILES string of the molecule is BrCCCc1ccc[cH-]1.[Fe+2].c1cc[cH-]c1. The van der Waals surface area contributed by atoms with Crippen molar-refractivity contribution < 1.29 is 17.1 Å². The van der Waals surface area contributed by atoms with Crippen molar-refractivity contribution in [1.29, 1.82) is 0 Å². The maximum Gasteiger partial charge on any atom is 2.00 e. The largest absolute Gasteiger partial charge is 2.00 e. The predicted molar refractivity (Wildman–Crippen MR) is 66.2 cm³/mol. The molecule has 2 rings (SSSR count). The topological polar surface area (TPSA) is 0 Å². The Labute approximate surface area is 111 Å². The molecule has 0 aliphatic heterocycles. The molecule has 0 spiro atoms. The molecule has 0 unspecified atom stereocenters. The first kappa shape index (κ1) is 14.7. The second kappa shape index (κ2) is 10.2. The quantitative estimate of drug-likeness (QED) is 0.454. The van der Waals surface area contributed by atoms with E-state index in [0.29, 0.717) is 0 Å². The molecule has 0 fully saturated rings. The van der Waals surface area contributed by atoms with Crippen LogP contribution in [0.5, 0.6) is 0 Å². The maximum atomic E-state index is 3.40. The summed E-state index contributed by atoms with van der Waals surface area (Å²) >= 11 is 3.40. The summed E-state index contributed by atoms with van der Waals surface area (Å²) in [4.78, 5) is 0. The molecule has 0 aliphatic carbocycles. The first-order valence-corrected chi connectivity index (χ1v) is 5.99. The van der Waals surface area contributed by atoms with E-state index in [1.807, 2.05) is 30.3 Å². The van der Waals surface area contributed by atoms with Crippen LogP contribution in [0.15, 0.2) is 54.6 Å². The normalized spacial score (nSPS) is 8.60. The van der Waals surface area contributed by atoms with E-state index in [2.05, 4.69) is 40.2 Å². The summed E-state index contributed by atoms with van der Waals surface area (Å²) in [5.41, 5.74) is 1.45. The molecule has 0 bridgehead atoms. The van der Waals surface area contributed by atoms with E-state index in [1.54, 1.807) is 0 Å². The van der Waals surface area contributed by atoms with Gasteiger partial charge in [-0.3, -0.25) is 0 Å². The molecule has 2 aromatic carbocycles. The van der Waals surface area contributed by atoms with Gasteiger partial charge in [-0.2, -0.15) is 35.9 Å². The van der Waals surface area contributed by atoms with E-state index in [9.17, 15) is 0 Å². The fraction of sp³-hybridized carbons (Fsp3) is 0.231. The predicted octanol–water partition coefficient (Wildman–Crippen LogP) is 4.14. The second-order valence-corrected chi connectivity index (χ2v) is 3.84. The van der Waals surface area contributed by atoms with Crippen LogP contribution in [0, 0.1) is 0 Å². The van der Waals surface area contributed by atoms with E-state index < -0.39 is 0 Å². The van der Waals surface area contributed by atoms with Crippen molar-refractivity contribution in [2.75, 3.05) is 5.33 Å². The summed E-state index contributed by atoms with van der Waals surface area (Å²) in [6, 6.07) is 18.5. The molecule has 15 heavy (non-hydrogen) atoms. The van der Waals surface area contributed by atoms with Crippen LogP contribution < -0.4 is 0 Å². The van der Waals surface area contributed by atoms with Crippen LogP contribution in [0.25, 0.3) is 0 Å². The summed E-state index contributed by atoms with van der Waals surface area (Å²) < 4.78 is 0. The molecule has 2 aromatic rings. The summed E-state index contributed by atoms with van der Waals surface area (Å²) in [7, 11) is 0. The van der Waals surface area contributed by atoms with Gasteiger partial charge in [0.15, 0.2) is 0 Å². The van der Waals surface area contributed by atoms with Gasteiger partial charge in [-0.1, -0.05) is 22.4 Å². The van der Waals surface area contributed by atoms with Crippen LogP contribution in [0.1, 0.15) is 12.0 Å². The first-order valence-electron chi connectivity index (χ1n) is 4.86. The van der Waals surface area contributed by atoms with Crippen molar-refractivity contribution in [2.24, 2.45) is 0 Å². The van der Waals surface area contributed by atoms with Crippen LogP contribution in [0.4, 0.5) is 0 Å². The Morgan fingerprint density at radius 3 is 2.20 bits per heavy atom. The molecule has 0 atom stereocenters. The van der Waals surface area contributed by atoms with Crippen molar-refractivity contribution >= 4 is 15.9 Å². The number of halogens is 1. The molecule has 0 aliphatic rings. The molecule has 0 N–H and O–H groups in total. The van der Waals surface area contributed by atoms with E-state index >= 15 is 0 Å². The number of hydrogen-bond donors (Lipinski definition) is 0. The zero-order valence-corrected chi connectivity index (χ0v) is 11.2. The van der Waals surface area contributed by atoms with E-state index in [4.69, 9.17) is 0 Å². The molecular weight excluding hydrogens is 292 g/mol. The van der Waals surface area contributed by atoms with Crippen molar-refractivity contribution in [3.63, 3.8) is 0 Å². The molecule has 82 valence electrons. The molecule has 0 saturated heterocycles. The van der Waals surface area contributed by atoms with Crippen molar-refractivity contribution in [2.45, 2.75) is 12.8 Å². The fourth-order valence-electron chi connectivity index (χ4n) is 1.17. The smallest absolute Gasteiger partial charge is 0.214 e. The molecular formula is C13H15BrFe. The van der Waals surface area contributed by atoms with Crippen molar-refractivity contribution in [3.05, 3.63) is 60.2 Å². The minimum absolute atomic E-state index is 0. The Kier molecular flexibility index (Phi) is 10.0. The fourth-order valence-corrected chi connectivity index (χ4v) is 1.45. The van der Waals surface area contributed by atoms with Crippen molar-refractivity contribution in [3.8, 4) is 0 Å². The number of hydrogen-bond acceptors (Lipinski definition) is 0. The third-order valence-corrected chi connectivity index (χ3v) is 2.45. The van der Waals surface area contributed by atoms with Gasteiger partial charge in [-0.15, -0.1) is 0 Å². The minimum atomic E-state index is 0. The zero-order chi connectivity index (χ0) is 10.1. The average Bonchev–Trinajstić information content (AvgIpc) is 2.90. The molecule has 2 heteroatoms. The van der Waals surface area contributed by atoms with Gasteiger partial charge in [0.2, 0.25) is 0 Å². The maximum absolute atomic E-state index is 3.40. The minimum Gasteiger partial charge on any atom is -0.214 e. The average molecular weight is 307 g/mol. The summed E-state index contributed by atoms with van der Waals surface area (Å²) in [5, 5.41) is 1.11. The monoisotopic (exact) mass is 306 g/mol. The Morgan fingerprint density at radius 2 is 1.80 bits per heavy atom. The van der Waals surface area contributed by atoms with Crippen LogP contribution >= 0.6 is 15.9 Å². The van der Waals surface area contributed by atoms with Gasteiger partial charge in [0, 0.05) is 5.33 Å². The number of aryl methyl sites for hydroxylation is 1. The van der Waals surface area contributed by atoms with E-state index in [-0.39, 0.29) is 17.1 Å². The Morgan fingerprint density at radius 1 is 1.07 bits per heavy atom. The van der Waals surface area contributed by atoms with Crippen LogP contribution in [0.3, 0.4) is 0 Å².